The minimum atomic E-state index is 0. The van der Waals surface area contributed by atoms with Crippen molar-refractivity contribution in [3.63, 3.8) is 0 Å². The van der Waals surface area contributed by atoms with E-state index in [-0.39, 0.29) is 12.4 Å². The number of alkyl halides is 2. The highest BCUT2D eigenvalue weighted by atomic mass is 35.5. The average molecular weight is 487 g/mol. The average Bonchev–Trinajstić information content (AvgIpc) is 2.66. The fourth-order valence-corrected chi connectivity index (χ4v) is 3.60. The van der Waals surface area contributed by atoms with Crippen LogP contribution in [0.5, 0.6) is 11.5 Å². The summed E-state index contributed by atoms with van der Waals surface area (Å²) in [5.41, 5.74) is 2.43. The predicted octanol–water partition coefficient (Wildman–Crippen LogP) is 6.47. The van der Waals surface area contributed by atoms with Gasteiger partial charge in [0.25, 0.3) is 0 Å². The Morgan fingerprint density at radius 3 is 2.07 bits per heavy atom. The van der Waals surface area contributed by atoms with Gasteiger partial charge in [-0.05, 0) is 29.8 Å². The van der Waals surface area contributed by atoms with Crippen molar-refractivity contribution < 1.29 is 9.47 Å². The Morgan fingerprint density at radius 1 is 0.964 bits per heavy atom. The standard InChI is InChI=1S/C19H20Cl4N2O2.ClH/c1-26-18-9-13(3-4-17(18)25(7-5-20)8-6-21)12-24-14-10-15(22)19(27-2)16(23)11-14;/h3-4,9-12H,5-8H2,1-2H3;1H. The van der Waals surface area contributed by atoms with E-state index in [0.717, 1.165) is 17.0 Å². The van der Waals surface area contributed by atoms with Crippen molar-refractivity contribution in [2.45, 2.75) is 0 Å². The highest BCUT2D eigenvalue weighted by molar-refractivity contribution is 6.37. The molecule has 154 valence electrons. The number of hydrogen-bond acceptors (Lipinski definition) is 4. The number of nitrogens with zero attached hydrogens (tertiary/aromatic N) is 2. The van der Waals surface area contributed by atoms with Gasteiger partial charge in [0.15, 0.2) is 5.75 Å². The number of aliphatic imine (C=N–C) groups is 1. The Hall–Kier alpha value is -1.04. The molecule has 2 aromatic rings. The number of hydrogen-bond donors (Lipinski definition) is 0. The van der Waals surface area contributed by atoms with Gasteiger partial charge in [-0.2, -0.15) is 0 Å². The maximum absolute atomic E-state index is 6.15. The quantitative estimate of drug-likeness (QED) is 0.301. The lowest BCUT2D eigenvalue weighted by Gasteiger charge is -2.25. The second kappa shape index (κ2) is 12.5. The maximum atomic E-state index is 6.15. The molecule has 4 nitrogen and oxygen atoms in total. The van der Waals surface area contributed by atoms with E-state index in [1.165, 1.54) is 7.11 Å². The van der Waals surface area contributed by atoms with Crippen molar-refractivity contribution in [1.82, 2.24) is 0 Å². The van der Waals surface area contributed by atoms with Crippen molar-refractivity contribution in [2.75, 3.05) is 44.0 Å². The normalized spacial score (nSPS) is 10.6. The first-order chi connectivity index (χ1) is 13.0. The van der Waals surface area contributed by atoms with Crippen molar-refractivity contribution in [2.24, 2.45) is 4.99 Å². The van der Waals surface area contributed by atoms with Gasteiger partial charge in [0.2, 0.25) is 0 Å². The summed E-state index contributed by atoms with van der Waals surface area (Å²) >= 11 is 24.1. The van der Waals surface area contributed by atoms with Crippen LogP contribution in [0.1, 0.15) is 5.56 Å². The zero-order chi connectivity index (χ0) is 19.8. The van der Waals surface area contributed by atoms with E-state index < -0.39 is 0 Å². The Kier molecular flexibility index (Phi) is 11.2. The molecule has 0 spiro atoms. The second-order valence-corrected chi connectivity index (χ2v) is 7.07. The third kappa shape index (κ3) is 6.50. The molecule has 0 unspecified atom stereocenters. The number of benzene rings is 2. The van der Waals surface area contributed by atoms with Crippen LogP contribution >= 0.6 is 58.8 Å². The molecular weight excluding hydrogens is 465 g/mol. The summed E-state index contributed by atoms with van der Waals surface area (Å²) in [5.74, 6) is 2.16. The Balaban J connectivity index is 0.00000392. The maximum Gasteiger partial charge on any atom is 0.156 e. The summed E-state index contributed by atoms with van der Waals surface area (Å²) in [6, 6.07) is 9.20. The van der Waals surface area contributed by atoms with Crippen LogP contribution in [0, 0.1) is 0 Å². The van der Waals surface area contributed by atoms with E-state index in [1.54, 1.807) is 25.5 Å². The molecule has 0 aliphatic heterocycles. The molecule has 0 fully saturated rings. The van der Waals surface area contributed by atoms with Crippen molar-refractivity contribution in [1.29, 1.82) is 0 Å². The molecule has 0 heterocycles. The zero-order valence-corrected chi connectivity index (χ0v) is 19.3. The molecule has 0 aliphatic carbocycles. The molecule has 0 saturated heterocycles. The van der Waals surface area contributed by atoms with Gasteiger partial charge in [0, 0.05) is 31.1 Å². The second-order valence-electron chi connectivity index (χ2n) is 5.50. The molecular formula is C19H21Cl5N2O2. The number of anilines is 1. The van der Waals surface area contributed by atoms with Gasteiger partial charge in [0.05, 0.1) is 35.6 Å². The SMILES string of the molecule is COc1cc(C=Nc2cc(Cl)c(OC)c(Cl)c2)ccc1N(CCCl)CCCl.Cl. The summed E-state index contributed by atoms with van der Waals surface area (Å²) < 4.78 is 10.7. The number of ether oxygens (including phenoxy) is 2. The van der Waals surface area contributed by atoms with E-state index in [9.17, 15) is 0 Å². The van der Waals surface area contributed by atoms with Gasteiger partial charge < -0.3 is 14.4 Å². The minimum absolute atomic E-state index is 0. The Labute approximate surface area is 191 Å². The fourth-order valence-electron chi connectivity index (χ4n) is 2.56. The molecule has 9 heteroatoms. The Bertz CT molecular complexity index is 773. The molecule has 0 bridgehead atoms. The van der Waals surface area contributed by atoms with Crippen molar-refractivity contribution in [3.05, 3.63) is 45.9 Å². The third-order valence-electron chi connectivity index (χ3n) is 3.80. The zero-order valence-electron chi connectivity index (χ0n) is 15.4. The van der Waals surface area contributed by atoms with Crippen LogP contribution in [0.25, 0.3) is 0 Å². The minimum Gasteiger partial charge on any atom is -0.495 e. The lowest BCUT2D eigenvalue weighted by atomic mass is 10.2. The van der Waals surface area contributed by atoms with Crippen molar-refractivity contribution in [3.8, 4) is 11.5 Å². The van der Waals surface area contributed by atoms with E-state index in [2.05, 4.69) is 9.89 Å². The summed E-state index contributed by atoms with van der Waals surface area (Å²) in [4.78, 5) is 6.52. The van der Waals surface area contributed by atoms with Crippen molar-refractivity contribution >= 4 is 76.4 Å². The highest BCUT2D eigenvalue weighted by Crippen LogP contribution is 2.36. The van der Waals surface area contributed by atoms with Gasteiger partial charge in [0.1, 0.15) is 5.75 Å². The van der Waals surface area contributed by atoms with Gasteiger partial charge in [-0.25, -0.2) is 0 Å². The molecule has 0 saturated carbocycles. The summed E-state index contributed by atoms with van der Waals surface area (Å²) in [6.07, 6.45) is 1.72. The van der Waals surface area contributed by atoms with Crippen LogP contribution in [-0.4, -0.2) is 45.3 Å². The molecule has 28 heavy (non-hydrogen) atoms. The molecule has 0 atom stereocenters. The van der Waals surface area contributed by atoms with Crippen LogP contribution in [0.15, 0.2) is 35.3 Å². The Morgan fingerprint density at radius 2 is 1.57 bits per heavy atom. The van der Waals surface area contributed by atoms with Gasteiger partial charge in [-0.3, -0.25) is 4.99 Å². The van der Waals surface area contributed by atoms with Crippen LogP contribution in [0.3, 0.4) is 0 Å². The molecule has 0 aromatic heterocycles. The number of methoxy groups -OCH3 is 2. The number of rotatable bonds is 9. The monoisotopic (exact) mass is 484 g/mol. The lowest BCUT2D eigenvalue weighted by molar-refractivity contribution is 0.414. The number of halogens is 5. The molecule has 2 aromatic carbocycles. The largest absolute Gasteiger partial charge is 0.495 e. The first-order valence-corrected chi connectivity index (χ1v) is 9.98. The van der Waals surface area contributed by atoms with Crippen LogP contribution in [-0.2, 0) is 0 Å². The van der Waals surface area contributed by atoms with E-state index in [1.807, 2.05) is 18.2 Å². The van der Waals surface area contributed by atoms with Crippen LogP contribution < -0.4 is 14.4 Å². The topological polar surface area (TPSA) is 34.1 Å². The molecule has 2 rings (SSSR count). The van der Waals surface area contributed by atoms with Crippen LogP contribution in [0.2, 0.25) is 10.0 Å². The molecule has 0 N–H and O–H groups in total. The molecule has 0 radical (unpaired) electrons. The summed E-state index contributed by atoms with van der Waals surface area (Å²) in [5, 5.41) is 0.811. The predicted molar refractivity (Wildman–Crippen MR) is 124 cm³/mol. The first-order valence-electron chi connectivity index (χ1n) is 8.16. The molecule has 0 amide bonds. The lowest BCUT2D eigenvalue weighted by Crippen LogP contribution is -2.28. The molecule has 0 aliphatic rings. The summed E-state index contributed by atoms with van der Waals surface area (Å²) in [7, 11) is 3.14. The van der Waals surface area contributed by atoms with E-state index in [4.69, 9.17) is 55.9 Å². The fraction of sp³-hybridized carbons (Fsp3) is 0.316. The summed E-state index contributed by atoms with van der Waals surface area (Å²) in [6.45, 7) is 1.36. The van der Waals surface area contributed by atoms with Gasteiger partial charge >= 0.3 is 0 Å². The van der Waals surface area contributed by atoms with E-state index >= 15 is 0 Å². The van der Waals surface area contributed by atoms with Crippen LogP contribution in [0.4, 0.5) is 11.4 Å². The first kappa shape index (κ1) is 25.0. The van der Waals surface area contributed by atoms with Gasteiger partial charge in [-0.1, -0.05) is 29.3 Å². The smallest absolute Gasteiger partial charge is 0.156 e. The van der Waals surface area contributed by atoms with E-state index in [0.29, 0.717) is 46.3 Å². The highest BCUT2D eigenvalue weighted by Gasteiger charge is 2.12. The van der Waals surface area contributed by atoms with Gasteiger partial charge in [-0.15, -0.1) is 35.6 Å². The third-order valence-corrected chi connectivity index (χ3v) is 4.70.